The van der Waals surface area contributed by atoms with E-state index in [4.69, 9.17) is 9.47 Å². The molecule has 34 heavy (non-hydrogen) atoms. The zero-order valence-corrected chi connectivity index (χ0v) is 19.7. The number of fused-ring (bicyclic) bond motifs is 1. The Labute approximate surface area is 198 Å². The summed E-state index contributed by atoms with van der Waals surface area (Å²) in [6, 6.07) is 9.25. The monoisotopic (exact) mass is 467 g/mol. The van der Waals surface area contributed by atoms with Crippen LogP contribution in [0.15, 0.2) is 36.5 Å². The van der Waals surface area contributed by atoms with E-state index in [9.17, 15) is 9.18 Å². The van der Waals surface area contributed by atoms with Crippen LogP contribution in [-0.2, 0) is 4.79 Å². The second kappa shape index (κ2) is 9.23. The number of benzene rings is 1. The molecule has 1 saturated heterocycles. The zero-order valence-electron chi connectivity index (χ0n) is 19.7. The lowest BCUT2D eigenvalue weighted by molar-refractivity contribution is -0.118. The summed E-state index contributed by atoms with van der Waals surface area (Å²) in [6.07, 6.45) is 0.743. The Kier molecular flexibility index (Phi) is 6.14. The van der Waals surface area contributed by atoms with Crippen LogP contribution in [0.2, 0.25) is 0 Å². The molecule has 8 nitrogen and oxygen atoms in total. The van der Waals surface area contributed by atoms with E-state index in [2.05, 4.69) is 32.1 Å². The average Bonchev–Trinajstić information content (AvgIpc) is 3.29. The third kappa shape index (κ3) is 4.21. The largest absolute Gasteiger partial charge is 0.496 e. The Bertz CT molecular complexity index is 1170. The third-order valence-electron chi connectivity index (χ3n) is 6.93. The number of aromatic nitrogens is 2. The highest BCUT2D eigenvalue weighted by Crippen LogP contribution is 2.44. The number of anilines is 1. The van der Waals surface area contributed by atoms with Crippen LogP contribution in [0.4, 0.5) is 10.2 Å². The number of methoxy groups -OCH3 is 2. The van der Waals surface area contributed by atoms with Gasteiger partial charge in [0.15, 0.2) is 0 Å². The first kappa shape index (κ1) is 22.6. The normalized spacial score (nSPS) is 23.1. The van der Waals surface area contributed by atoms with E-state index in [0.29, 0.717) is 29.5 Å². The van der Waals surface area contributed by atoms with Crippen LogP contribution >= 0.6 is 0 Å². The number of rotatable bonds is 7. The number of carbonyl (C=O) groups excluding carboxylic acids is 1. The number of aromatic amines is 1. The molecule has 1 aliphatic heterocycles. The molecule has 2 fully saturated rings. The van der Waals surface area contributed by atoms with Crippen LogP contribution in [-0.4, -0.2) is 85.8 Å². The Morgan fingerprint density at radius 3 is 2.53 bits per heavy atom. The molecule has 3 atom stereocenters. The third-order valence-corrected chi connectivity index (χ3v) is 6.93. The number of piperazine rings is 1. The number of hydrogen-bond donors (Lipinski definition) is 2. The summed E-state index contributed by atoms with van der Waals surface area (Å²) in [7, 11) is 5.32. The van der Waals surface area contributed by atoms with Crippen LogP contribution < -0.4 is 14.8 Å². The number of likely N-dealkylation sites (N-methyl/N-ethyl adjacent to an activating group) is 1. The molecule has 180 valence electrons. The van der Waals surface area contributed by atoms with Gasteiger partial charge in [-0.3, -0.25) is 4.79 Å². The number of pyridine rings is 1. The molecule has 1 saturated carbocycles. The SMILES string of the molecule is COc1cccc(OC)c1-c1c[nH]c2nc(NC(=O)C3C(CN4CCN(C)CC4)[C@@H]3F)ccc12. The van der Waals surface area contributed by atoms with Crippen molar-refractivity contribution in [3.8, 4) is 22.6 Å². The first-order chi connectivity index (χ1) is 16.5. The highest BCUT2D eigenvalue weighted by Gasteiger charge is 2.56. The van der Waals surface area contributed by atoms with E-state index in [1.54, 1.807) is 20.3 Å². The summed E-state index contributed by atoms with van der Waals surface area (Å²) in [5.41, 5.74) is 2.32. The van der Waals surface area contributed by atoms with Crippen molar-refractivity contribution in [2.45, 2.75) is 6.17 Å². The summed E-state index contributed by atoms with van der Waals surface area (Å²) in [4.78, 5) is 25.0. The van der Waals surface area contributed by atoms with Crippen molar-refractivity contribution in [2.24, 2.45) is 11.8 Å². The van der Waals surface area contributed by atoms with Gasteiger partial charge < -0.3 is 29.6 Å². The van der Waals surface area contributed by atoms with Crippen LogP contribution in [0, 0.1) is 11.8 Å². The zero-order chi connectivity index (χ0) is 23.8. The lowest BCUT2D eigenvalue weighted by Gasteiger charge is -2.32. The molecule has 3 heterocycles. The van der Waals surface area contributed by atoms with Crippen LogP contribution in [0.5, 0.6) is 11.5 Å². The van der Waals surface area contributed by atoms with Crippen molar-refractivity contribution >= 4 is 22.8 Å². The Morgan fingerprint density at radius 2 is 1.85 bits per heavy atom. The van der Waals surface area contributed by atoms with Crippen LogP contribution in [0.25, 0.3) is 22.2 Å². The fourth-order valence-corrected chi connectivity index (χ4v) is 4.82. The molecular formula is C25H30FN5O3. The summed E-state index contributed by atoms with van der Waals surface area (Å²) in [5.74, 6) is 0.599. The molecule has 2 unspecified atom stereocenters. The van der Waals surface area contributed by atoms with Gasteiger partial charge in [0.25, 0.3) is 0 Å². The van der Waals surface area contributed by atoms with E-state index in [0.717, 1.165) is 42.7 Å². The lowest BCUT2D eigenvalue weighted by Crippen LogP contribution is -2.45. The average molecular weight is 468 g/mol. The molecule has 5 rings (SSSR count). The second-order valence-electron chi connectivity index (χ2n) is 9.06. The van der Waals surface area contributed by atoms with E-state index < -0.39 is 12.1 Å². The smallest absolute Gasteiger partial charge is 0.232 e. The van der Waals surface area contributed by atoms with Gasteiger partial charge in [0.2, 0.25) is 5.91 Å². The van der Waals surface area contributed by atoms with Crippen molar-refractivity contribution in [1.29, 1.82) is 0 Å². The van der Waals surface area contributed by atoms with Crippen molar-refractivity contribution in [3.63, 3.8) is 0 Å². The Morgan fingerprint density at radius 1 is 1.15 bits per heavy atom. The number of amides is 1. The Balaban J connectivity index is 1.30. The summed E-state index contributed by atoms with van der Waals surface area (Å²) in [6.45, 7) is 4.41. The molecule has 2 aliphatic rings. The standard InChI is InChI=1S/C25H30FN5O3/c1-30-9-11-31(12-10-30)14-17-22(23(17)26)25(32)29-20-8-7-15-16(13-27-24(15)28-20)21-18(33-2)5-4-6-19(21)34-3/h4-8,13,17,22-23H,9-12,14H2,1-3H3,(H2,27,28,29,32)/t17?,22?,23-/m0/s1. The van der Waals surface area contributed by atoms with Gasteiger partial charge in [-0.25, -0.2) is 9.37 Å². The summed E-state index contributed by atoms with van der Waals surface area (Å²) >= 11 is 0. The van der Waals surface area contributed by atoms with E-state index in [1.165, 1.54) is 0 Å². The molecule has 2 N–H and O–H groups in total. The quantitative estimate of drug-likeness (QED) is 0.556. The molecule has 0 bridgehead atoms. The molecule has 1 amide bonds. The summed E-state index contributed by atoms with van der Waals surface area (Å²) < 4.78 is 25.5. The van der Waals surface area contributed by atoms with E-state index >= 15 is 0 Å². The summed E-state index contributed by atoms with van der Waals surface area (Å²) in [5, 5.41) is 3.67. The van der Waals surface area contributed by atoms with Crippen molar-refractivity contribution < 1.29 is 18.7 Å². The van der Waals surface area contributed by atoms with Gasteiger partial charge in [-0.15, -0.1) is 0 Å². The minimum absolute atomic E-state index is 0.248. The predicted molar refractivity (Wildman–Crippen MR) is 129 cm³/mol. The number of nitrogens with zero attached hydrogens (tertiary/aromatic N) is 3. The maximum atomic E-state index is 14.5. The molecular weight excluding hydrogens is 437 g/mol. The molecule has 1 aliphatic carbocycles. The highest BCUT2D eigenvalue weighted by atomic mass is 19.1. The number of nitrogens with one attached hydrogen (secondary N) is 2. The number of ether oxygens (including phenoxy) is 2. The fourth-order valence-electron chi connectivity index (χ4n) is 4.82. The first-order valence-electron chi connectivity index (χ1n) is 11.6. The maximum absolute atomic E-state index is 14.5. The minimum atomic E-state index is -1.10. The minimum Gasteiger partial charge on any atom is -0.496 e. The van der Waals surface area contributed by atoms with Gasteiger partial charge in [0.05, 0.1) is 25.7 Å². The van der Waals surface area contributed by atoms with Gasteiger partial charge in [-0.1, -0.05) is 6.07 Å². The molecule has 0 spiro atoms. The number of halogens is 1. The number of H-pyrrole nitrogens is 1. The van der Waals surface area contributed by atoms with E-state index in [-0.39, 0.29) is 11.8 Å². The van der Waals surface area contributed by atoms with Crippen molar-refractivity contribution in [2.75, 3.05) is 59.3 Å². The number of hydrogen-bond acceptors (Lipinski definition) is 6. The van der Waals surface area contributed by atoms with Gasteiger partial charge in [-0.2, -0.15) is 0 Å². The van der Waals surface area contributed by atoms with Crippen molar-refractivity contribution in [1.82, 2.24) is 19.8 Å². The van der Waals surface area contributed by atoms with Crippen molar-refractivity contribution in [3.05, 3.63) is 36.5 Å². The first-order valence-corrected chi connectivity index (χ1v) is 11.6. The fraction of sp³-hybridized carbons (Fsp3) is 0.440. The van der Waals surface area contributed by atoms with Gasteiger partial charge >= 0.3 is 0 Å². The van der Waals surface area contributed by atoms with Gasteiger partial charge in [-0.05, 0) is 31.3 Å². The highest BCUT2D eigenvalue weighted by molar-refractivity contribution is 5.99. The molecule has 9 heteroatoms. The predicted octanol–water partition coefficient (Wildman–Crippen LogP) is 3.02. The number of alkyl halides is 1. The maximum Gasteiger partial charge on any atom is 0.232 e. The van der Waals surface area contributed by atoms with E-state index in [1.807, 2.05) is 30.5 Å². The topological polar surface area (TPSA) is 82.7 Å². The van der Waals surface area contributed by atoms with Gasteiger partial charge in [0.1, 0.15) is 29.1 Å². The Hall–Kier alpha value is -3.17. The lowest BCUT2D eigenvalue weighted by atomic mass is 10.0. The molecule has 0 radical (unpaired) electrons. The van der Waals surface area contributed by atoms with Crippen LogP contribution in [0.3, 0.4) is 0 Å². The number of carbonyl (C=O) groups is 1. The molecule has 1 aromatic carbocycles. The molecule has 2 aromatic heterocycles. The second-order valence-corrected chi connectivity index (χ2v) is 9.06. The molecule has 3 aromatic rings. The van der Waals surface area contributed by atoms with Crippen LogP contribution in [0.1, 0.15) is 0 Å². The van der Waals surface area contributed by atoms with Gasteiger partial charge in [0, 0.05) is 55.8 Å².